The summed E-state index contributed by atoms with van der Waals surface area (Å²) < 4.78 is 5.23. The van der Waals surface area contributed by atoms with Gasteiger partial charge in [-0.25, -0.2) is 0 Å². The number of anilines is 1. The van der Waals surface area contributed by atoms with Crippen LogP contribution in [0.3, 0.4) is 0 Å². The topological polar surface area (TPSA) is 100 Å². The molecule has 1 unspecified atom stereocenters. The van der Waals surface area contributed by atoms with Crippen molar-refractivity contribution in [3.05, 3.63) is 107 Å². The van der Waals surface area contributed by atoms with Crippen LogP contribution >= 0.6 is 0 Å². The number of oxime groups is 1. The van der Waals surface area contributed by atoms with E-state index in [2.05, 4.69) is 15.8 Å². The van der Waals surface area contributed by atoms with Crippen LogP contribution in [0.1, 0.15) is 21.5 Å². The van der Waals surface area contributed by atoms with Crippen LogP contribution in [-0.4, -0.2) is 35.8 Å². The zero-order valence-electron chi connectivity index (χ0n) is 18.0. The van der Waals surface area contributed by atoms with E-state index in [-0.39, 0.29) is 23.1 Å². The Kier molecular flexibility index (Phi) is 6.50. The number of Topliss-reactive ketones (excluding diaryl/α,β-unsaturated/α-hetero) is 1. The average molecular weight is 441 g/mol. The van der Waals surface area contributed by atoms with Crippen molar-refractivity contribution in [1.29, 1.82) is 0 Å². The number of rotatable bonds is 7. The van der Waals surface area contributed by atoms with Crippen molar-refractivity contribution in [2.24, 2.45) is 5.16 Å². The SMILES string of the molecule is COc1cccc(NC(=O)C(Cc2ccccc2)NC2=CC(=NO)c3ccccc3C2=O)c1. The molecule has 7 heteroatoms. The summed E-state index contributed by atoms with van der Waals surface area (Å²) in [7, 11) is 1.56. The van der Waals surface area contributed by atoms with Gasteiger partial charge in [-0.3, -0.25) is 9.59 Å². The highest BCUT2D eigenvalue weighted by Crippen LogP contribution is 2.22. The number of ketones is 1. The van der Waals surface area contributed by atoms with E-state index in [1.165, 1.54) is 6.08 Å². The molecule has 0 radical (unpaired) electrons. The summed E-state index contributed by atoms with van der Waals surface area (Å²) in [5.74, 6) is 0.0262. The normalized spacial score (nSPS) is 14.8. The van der Waals surface area contributed by atoms with Crippen LogP contribution in [0.4, 0.5) is 5.69 Å². The number of fused-ring (bicyclic) bond motifs is 1. The molecule has 7 nitrogen and oxygen atoms in total. The van der Waals surface area contributed by atoms with E-state index in [9.17, 15) is 14.8 Å². The molecule has 0 fully saturated rings. The molecule has 0 saturated carbocycles. The molecule has 0 aliphatic heterocycles. The highest BCUT2D eigenvalue weighted by atomic mass is 16.5. The summed E-state index contributed by atoms with van der Waals surface area (Å²) in [6.07, 6.45) is 1.80. The van der Waals surface area contributed by atoms with E-state index in [1.54, 1.807) is 55.6 Å². The van der Waals surface area contributed by atoms with Crippen molar-refractivity contribution in [2.45, 2.75) is 12.5 Å². The number of nitrogens with one attached hydrogen (secondary N) is 2. The first kappa shape index (κ1) is 21.8. The van der Waals surface area contributed by atoms with Gasteiger partial charge in [0, 0.05) is 29.3 Å². The Labute approximate surface area is 191 Å². The quantitative estimate of drug-likeness (QED) is 0.383. The van der Waals surface area contributed by atoms with E-state index in [4.69, 9.17) is 4.74 Å². The predicted molar refractivity (Wildman–Crippen MR) is 126 cm³/mol. The summed E-state index contributed by atoms with van der Waals surface area (Å²) >= 11 is 0. The maximum atomic E-state index is 13.3. The van der Waals surface area contributed by atoms with Gasteiger partial charge in [0.1, 0.15) is 17.5 Å². The molecule has 1 amide bonds. The minimum Gasteiger partial charge on any atom is -0.497 e. The standard InChI is InChI=1S/C26H23N3O4/c1-33-19-11-7-10-18(15-19)27-26(31)24(14-17-8-3-2-4-9-17)28-23-16-22(29-32)20-12-5-6-13-21(20)25(23)30/h2-13,15-16,24,28,32H,14H2,1H3,(H,27,31). The first-order chi connectivity index (χ1) is 16.1. The number of carbonyl (C=O) groups excluding carboxylic acids is 2. The fraction of sp³-hybridized carbons (Fsp3) is 0.115. The second-order valence-corrected chi connectivity index (χ2v) is 7.53. The molecule has 0 saturated heterocycles. The lowest BCUT2D eigenvalue weighted by Gasteiger charge is -2.24. The molecule has 166 valence electrons. The predicted octanol–water partition coefficient (Wildman–Crippen LogP) is 3.79. The Morgan fingerprint density at radius 3 is 2.45 bits per heavy atom. The van der Waals surface area contributed by atoms with Gasteiger partial charge >= 0.3 is 0 Å². The maximum absolute atomic E-state index is 13.3. The van der Waals surface area contributed by atoms with E-state index < -0.39 is 6.04 Å². The lowest BCUT2D eigenvalue weighted by molar-refractivity contribution is -0.117. The molecule has 0 spiro atoms. The largest absolute Gasteiger partial charge is 0.497 e. The Morgan fingerprint density at radius 1 is 1.00 bits per heavy atom. The van der Waals surface area contributed by atoms with Crippen molar-refractivity contribution in [3.63, 3.8) is 0 Å². The first-order valence-corrected chi connectivity index (χ1v) is 10.4. The molecule has 0 heterocycles. The van der Waals surface area contributed by atoms with E-state index in [1.807, 2.05) is 30.3 Å². The van der Waals surface area contributed by atoms with Crippen LogP contribution in [0.5, 0.6) is 5.75 Å². The number of hydrogen-bond acceptors (Lipinski definition) is 6. The van der Waals surface area contributed by atoms with Crippen LogP contribution in [0.2, 0.25) is 0 Å². The zero-order chi connectivity index (χ0) is 23.2. The minimum absolute atomic E-state index is 0.184. The fourth-order valence-corrected chi connectivity index (χ4v) is 3.70. The summed E-state index contributed by atoms with van der Waals surface area (Å²) in [4.78, 5) is 26.4. The molecule has 1 atom stereocenters. The van der Waals surface area contributed by atoms with E-state index in [0.717, 1.165) is 5.56 Å². The van der Waals surface area contributed by atoms with Crippen molar-refractivity contribution in [2.75, 3.05) is 12.4 Å². The molecule has 3 aromatic rings. The second-order valence-electron chi connectivity index (χ2n) is 7.53. The summed E-state index contributed by atoms with van der Waals surface area (Å²) in [6.45, 7) is 0. The van der Waals surface area contributed by atoms with E-state index in [0.29, 0.717) is 29.0 Å². The third-order valence-electron chi connectivity index (χ3n) is 5.35. The van der Waals surface area contributed by atoms with Crippen LogP contribution < -0.4 is 15.4 Å². The molecule has 33 heavy (non-hydrogen) atoms. The van der Waals surface area contributed by atoms with Gasteiger partial charge in [-0.15, -0.1) is 0 Å². The lowest BCUT2D eigenvalue weighted by atomic mass is 9.91. The van der Waals surface area contributed by atoms with Gasteiger partial charge < -0.3 is 20.6 Å². The highest BCUT2D eigenvalue weighted by molar-refractivity contribution is 6.26. The number of amides is 1. The molecule has 3 N–H and O–H groups in total. The number of carbonyl (C=O) groups is 2. The monoisotopic (exact) mass is 441 g/mol. The van der Waals surface area contributed by atoms with Crippen LogP contribution in [0.25, 0.3) is 0 Å². The van der Waals surface area contributed by atoms with Crippen LogP contribution in [-0.2, 0) is 11.2 Å². The van der Waals surface area contributed by atoms with Gasteiger partial charge in [-0.1, -0.05) is 65.8 Å². The van der Waals surface area contributed by atoms with Gasteiger partial charge in [0.05, 0.1) is 12.8 Å². The Hall–Kier alpha value is -4.39. The molecule has 4 rings (SSSR count). The third kappa shape index (κ3) is 4.93. The second kappa shape index (κ2) is 9.82. The lowest BCUT2D eigenvalue weighted by Crippen LogP contribution is -2.44. The third-order valence-corrected chi connectivity index (χ3v) is 5.35. The van der Waals surface area contributed by atoms with Gasteiger partial charge in [0.15, 0.2) is 0 Å². The van der Waals surface area contributed by atoms with Gasteiger partial charge in [0.25, 0.3) is 0 Å². The smallest absolute Gasteiger partial charge is 0.247 e. The number of allylic oxidation sites excluding steroid dienone is 2. The van der Waals surface area contributed by atoms with Crippen molar-refractivity contribution in [1.82, 2.24) is 5.32 Å². The number of hydrogen-bond donors (Lipinski definition) is 3. The maximum Gasteiger partial charge on any atom is 0.247 e. The van der Waals surface area contributed by atoms with Crippen molar-refractivity contribution >= 4 is 23.1 Å². The molecule has 1 aliphatic rings. The highest BCUT2D eigenvalue weighted by Gasteiger charge is 2.28. The number of ether oxygens (including phenoxy) is 1. The summed E-state index contributed by atoms with van der Waals surface area (Å²) in [5, 5.41) is 18.8. The van der Waals surface area contributed by atoms with Crippen LogP contribution in [0, 0.1) is 0 Å². The van der Waals surface area contributed by atoms with Gasteiger partial charge in [-0.2, -0.15) is 0 Å². The zero-order valence-corrected chi connectivity index (χ0v) is 18.0. The summed E-state index contributed by atoms with van der Waals surface area (Å²) in [6, 6.07) is 22.7. The average Bonchev–Trinajstić information content (AvgIpc) is 2.86. The molecule has 0 bridgehead atoms. The number of nitrogens with zero attached hydrogens (tertiary/aromatic N) is 1. The van der Waals surface area contributed by atoms with Crippen molar-refractivity contribution in [3.8, 4) is 5.75 Å². The Balaban J connectivity index is 1.63. The Bertz CT molecular complexity index is 1240. The molecule has 0 aromatic heterocycles. The fourth-order valence-electron chi connectivity index (χ4n) is 3.70. The molecule has 3 aromatic carbocycles. The van der Waals surface area contributed by atoms with Crippen LogP contribution in [0.15, 0.2) is 95.8 Å². The van der Waals surface area contributed by atoms with Gasteiger partial charge in [-0.05, 0) is 23.8 Å². The number of methoxy groups -OCH3 is 1. The van der Waals surface area contributed by atoms with Gasteiger partial charge in [0.2, 0.25) is 11.7 Å². The molecule has 1 aliphatic carbocycles. The first-order valence-electron chi connectivity index (χ1n) is 10.4. The molecular formula is C26H23N3O4. The Morgan fingerprint density at radius 2 is 1.73 bits per heavy atom. The molecular weight excluding hydrogens is 418 g/mol. The number of benzene rings is 3. The minimum atomic E-state index is -0.765. The van der Waals surface area contributed by atoms with E-state index >= 15 is 0 Å². The van der Waals surface area contributed by atoms with Crippen molar-refractivity contribution < 1.29 is 19.5 Å². The summed E-state index contributed by atoms with van der Waals surface area (Å²) in [5.41, 5.74) is 2.88.